The number of nitrogens with zero attached hydrogens (tertiary/aromatic N) is 4. The Hall–Kier alpha value is -3.49. The van der Waals surface area contributed by atoms with E-state index in [1.807, 2.05) is 46.0 Å². The van der Waals surface area contributed by atoms with Gasteiger partial charge in [-0.25, -0.2) is 9.97 Å². The van der Waals surface area contributed by atoms with Crippen molar-refractivity contribution in [2.75, 3.05) is 32.5 Å². The van der Waals surface area contributed by atoms with Crippen LogP contribution in [-0.2, 0) is 13.0 Å². The van der Waals surface area contributed by atoms with E-state index in [9.17, 15) is 4.79 Å². The van der Waals surface area contributed by atoms with E-state index in [0.717, 1.165) is 42.1 Å². The number of carbonyl (C=O) groups excluding carboxylic acids is 1. The number of carbonyl (C=O) groups is 1. The third kappa shape index (κ3) is 5.34. The standard InChI is InChI=1S/C27H31ClN6O2/c1-6-21-16(2)26(36-33-21)15-34(5)27(35)20-14-25(32-23-8-7-18(28)13-19(20)23)24-10-9-22(17(3)31-24)30-12-11-29-4/h7-10,13-14,29-30H,6,11-12,15H2,1-5H3. The summed E-state index contributed by atoms with van der Waals surface area (Å²) in [5, 5.41) is 11.8. The number of amides is 1. The Kier molecular flexibility index (Phi) is 7.86. The molecule has 4 rings (SSSR count). The molecule has 2 N–H and O–H groups in total. The van der Waals surface area contributed by atoms with Gasteiger partial charge < -0.3 is 20.1 Å². The van der Waals surface area contributed by atoms with Gasteiger partial charge in [0.1, 0.15) is 0 Å². The van der Waals surface area contributed by atoms with Crippen LogP contribution in [0.15, 0.2) is 40.9 Å². The lowest BCUT2D eigenvalue weighted by molar-refractivity contribution is 0.0774. The third-order valence-electron chi connectivity index (χ3n) is 6.22. The number of aromatic nitrogens is 3. The molecule has 0 atom stereocenters. The van der Waals surface area contributed by atoms with E-state index in [-0.39, 0.29) is 5.91 Å². The number of fused-ring (bicyclic) bond motifs is 1. The average molecular weight is 507 g/mol. The highest BCUT2D eigenvalue weighted by atomic mass is 35.5. The number of anilines is 1. The molecule has 4 aromatic rings. The van der Waals surface area contributed by atoms with Gasteiger partial charge in [-0.1, -0.05) is 23.7 Å². The molecule has 0 fully saturated rings. The van der Waals surface area contributed by atoms with E-state index in [1.165, 1.54) is 0 Å². The Balaban J connectivity index is 1.71. The molecule has 0 aliphatic rings. The minimum absolute atomic E-state index is 0.165. The zero-order chi connectivity index (χ0) is 25.8. The largest absolute Gasteiger partial charge is 0.382 e. The van der Waals surface area contributed by atoms with Gasteiger partial charge in [0.2, 0.25) is 0 Å². The van der Waals surface area contributed by atoms with Crippen molar-refractivity contribution in [2.24, 2.45) is 0 Å². The number of pyridine rings is 2. The zero-order valence-electron chi connectivity index (χ0n) is 21.3. The van der Waals surface area contributed by atoms with Crippen molar-refractivity contribution in [2.45, 2.75) is 33.7 Å². The fourth-order valence-corrected chi connectivity index (χ4v) is 4.27. The normalized spacial score (nSPS) is 11.2. The highest BCUT2D eigenvalue weighted by Gasteiger charge is 2.21. The van der Waals surface area contributed by atoms with E-state index < -0.39 is 0 Å². The van der Waals surface area contributed by atoms with Gasteiger partial charge in [0.25, 0.3) is 5.91 Å². The van der Waals surface area contributed by atoms with E-state index in [2.05, 4.69) is 15.8 Å². The number of aryl methyl sites for hydroxylation is 2. The number of halogens is 1. The molecule has 1 aromatic carbocycles. The molecule has 1 amide bonds. The first-order valence-electron chi connectivity index (χ1n) is 12.0. The number of nitrogens with one attached hydrogen (secondary N) is 2. The molecule has 0 spiro atoms. The molecule has 0 unspecified atom stereocenters. The second-order valence-electron chi connectivity index (χ2n) is 8.77. The first-order chi connectivity index (χ1) is 17.3. The van der Waals surface area contributed by atoms with E-state index >= 15 is 0 Å². The lowest BCUT2D eigenvalue weighted by atomic mass is 10.0. The maximum atomic E-state index is 13.7. The minimum atomic E-state index is -0.165. The Morgan fingerprint density at radius 1 is 1.08 bits per heavy atom. The summed E-state index contributed by atoms with van der Waals surface area (Å²) in [6.07, 6.45) is 0.778. The molecule has 0 saturated heterocycles. The van der Waals surface area contributed by atoms with Crippen LogP contribution in [0, 0.1) is 13.8 Å². The Morgan fingerprint density at radius 3 is 2.58 bits per heavy atom. The molecule has 3 heterocycles. The summed E-state index contributed by atoms with van der Waals surface area (Å²) in [6.45, 7) is 7.90. The summed E-state index contributed by atoms with van der Waals surface area (Å²) in [7, 11) is 3.67. The second kappa shape index (κ2) is 11.1. The van der Waals surface area contributed by atoms with Crippen LogP contribution in [0.4, 0.5) is 5.69 Å². The molecule has 188 valence electrons. The maximum Gasteiger partial charge on any atom is 0.254 e. The predicted molar refractivity (Wildman–Crippen MR) is 144 cm³/mol. The number of hydrogen-bond donors (Lipinski definition) is 2. The van der Waals surface area contributed by atoms with Crippen LogP contribution >= 0.6 is 11.6 Å². The number of hydrogen-bond acceptors (Lipinski definition) is 7. The van der Waals surface area contributed by atoms with Crippen LogP contribution in [0.25, 0.3) is 22.3 Å². The maximum absolute atomic E-state index is 13.7. The molecule has 36 heavy (non-hydrogen) atoms. The first kappa shape index (κ1) is 25.6. The molecule has 0 saturated carbocycles. The van der Waals surface area contributed by atoms with Crippen LogP contribution in [0.5, 0.6) is 0 Å². The highest BCUT2D eigenvalue weighted by molar-refractivity contribution is 6.31. The SMILES string of the molecule is CCc1noc(CN(C)C(=O)c2cc(-c3ccc(NCCNC)c(C)n3)nc3ccc(Cl)cc23)c1C. The van der Waals surface area contributed by atoms with Crippen molar-refractivity contribution in [1.29, 1.82) is 0 Å². The average Bonchev–Trinajstić information content (AvgIpc) is 3.22. The minimum Gasteiger partial charge on any atom is -0.382 e. The van der Waals surface area contributed by atoms with Crippen LogP contribution < -0.4 is 10.6 Å². The van der Waals surface area contributed by atoms with Gasteiger partial charge in [-0.2, -0.15) is 0 Å². The van der Waals surface area contributed by atoms with E-state index in [0.29, 0.717) is 45.2 Å². The van der Waals surface area contributed by atoms with Gasteiger partial charge in [0, 0.05) is 36.1 Å². The molecule has 0 aliphatic carbocycles. The summed E-state index contributed by atoms with van der Waals surface area (Å²) in [6, 6.07) is 11.1. The Labute approximate surface area is 216 Å². The van der Waals surface area contributed by atoms with Crippen molar-refractivity contribution in [3.8, 4) is 11.4 Å². The van der Waals surface area contributed by atoms with Crippen molar-refractivity contribution >= 4 is 34.1 Å². The van der Waals surface area contributed by atoms with Gasteiger partial charge in [-0.05, 0) is 63.7 Å². The lowest BCUT2D eigenvalue weighted by Crippen LogP contribution is -2.26. The van der Waals surface area contributed by atoms with Crippen LogP contribution in [0.3, 0.4) is 0 Å². The lowest BCUT2D eigenvalue weighted by Gasteiger charge is -2.18. The monoisotopic (exact) mass is 506 g/mol. The fraction of sp³-hybridized carbons (Fsp3) is 0.333. The zero-order valence-corrected chi connectivity index (χ0v) is 22.0. The van der Waals surface area contributed by atoms with Crippen LogP contribution in [-0.4, -0.2) is 53.1 Å². The van der Waals surface area contributed by atoms with Gasteiger partial charge in [0.15, 0.2) is 5.76 Å². The molecule has 0 radical (unpaired) electrons. The third-order valence-corrected chi connectivity index (χ3v) is 6.45. The molecule has 8 nitrogen and oxygen atoms in total. The smallest absolute Gasteiger partial charge is 0.254 e. The summed E-state index contributed by atoms with van der Waals surface area (Å²) < 4.78 is 5.50. The summed E-state index contributed by atoms with van der Waals surface area (Å²) in [5.74, 6) is 0.514. The van der Waals surface area contributed by atoms with Crippen LogP contribution in [0.2, 0.25) is 5.02 Å². The van der Waals surface area contributed by atoms with Gasteiger partial charge in [-0.3, -0.25) is 4.79 Å². The van der Waals surface area contributed by atoms with Crippen molar-refractivity contribution < 1.29 is 9.32 Å². The van der Waals surface area contributed by atoms with Gasteiger partial charge >= 0.3 is 0 Å². The molecular formula is C27H31ClN6O2. The van der Waals surface area contributed by atoms with Crippen LogP contribution in [0.1, 0.15) is 40.0 Å². The van der Waals surface area contributed by atoms with Crippen molar-refractivity contribution in [3.05, 3.63) is 69.7 Å². The van der Waals surface area contributed by atoms with Crippen molar-refractivity contribution in [3.63, 3.8) is 0 Å². The predicted octanol–water partition coefficient (Wildman–Crippen LogP) is 5.02. The van der Waals surface area contributed by atoms with E-state index in [1.54, 1.807) is 30.1 Å². The highest BCUT2D eigenvalue weighted by Crippen LogP contribution is 2.29. The number of likely N-dealkylation sites (N-methyl/N-ethyl adjacent to an activating group) is 1. The topological polar surface area (TPSA) is 96.2 Å². The number of benzene rings is 1. The summed E-state index contributed by atoms with van der Waals surface area (Å²) in [4.78, 5) is 24.9. The second-order valence-corrected chi connectivity index (χ2v) is 9.20. The molecule has 0 bridgehead atoms. The number of rotatable bonds is 9. The van der Waals surface area contributed by atoms with Gasteiger partial charge in [-0.15, -0.1) is 0 Å². The molecule has 0 aliphatic heterocycles. The molecule has 9 heteroatoms. The quantitative estimate of drug-likeness (QED) is 0.308. The summed E-state index contributed by atoms with van der Waals surface area (Å²) >= 11 is 6.29. The first-order valence-corrected chi connectivity index (χ1v) is 12.4. The molecular weight excluding hydrogens is 476 g/mol. The Morgan fingerprint density at radius 2 is 1.89 bits per heavy atom. The van der Waals surface area contributed by atoms with E-state index in [4.69, 9.17) is 26.1 Å². The molecule has 3 aromatic heterocycles. The van der Waals surface area contributed by atoms with Crippen molar-refractivity contribution in [1.82, 2.24) is 25.3 Å². The summed E-state index contributed by atoms with van der Waals surface area (Å²) in [5.41, 5.74) is 6.19. The van der Waals surface area contributed by atoms with Gasteiger partial charge in [0.05, 0.1) is 46.1 Å². The Bertz CT molecular complexity index is 1400. The fourth-order valence-electron chi connectivity index (χ4n) is 4.10.